The molecule has 0 spiro atoms. The number of hydrogen-bond acceptors (Lipinski definition) is 5. The van der Waals surface area contributed by atoms with Gasteiger partial charge in [-0.3, -0.25) is 4.72 Å². The number of nitrogens with one attached hydrogen (secondary N) is 1. The van der Waals surface area contributed by atoms with Gasteiger partial charge in [0.1, 0.15) is 16.2 Å². The van der Waals surface area contributed by atoms with Crippen LogP contribution in [0.25, 0.3) is 11.0 Å². The molecule has 0 bridgehead atoms. The van der Waals surface area contributed by atoms with Crippen LogP contribution in [0.4, 0.5) is 11.4 Å². The topological polar surface area (TPSA) is 102 Å². The number of nitrogens with two attached hydrogens (primary N) is 1. The molecule has 0 saturated heterocycles. The minimum atomic E-state index is -4.03. The highest BCUT2D eigenvalue weighted by atomic mass is 79.9. The van der Waals surface area contributed by atoms with Gasteiger partial charge in [0.2, 0.25) is 0 Å². The molecule has 1 aromatic heterocycles. The van der Waals surface area contributed by atoms with Crippen LogP contribution in [0.15, 0.2) is 55.0 Å². The molecule has 0 atom stereocenters. The second-order valence-corrected chi connectivity index (χ2v) is 8.32. The normalized spacial score (nSPS) is 11.6. The second-order valence-electron chi connectivity index (χ2n) is 5.37. The van der Waals surface area contributed by atoms with Gasteiger partial charge >= 0.3 is 5.63 Å². The largest absolute Gasteiger partial charge is 0.421 e. The number of nitrogen functional groups attached to an aromatic ring is 1. The van der Waals surface area contributed by atoms with E-state index in [1.165, 1.54) is 24.3 Å². The lowest BCUT2D eigenvalue weighted by atomic mass is 10.2. The number of benzene rings is 2. The first kappa shape index (κ1) is 17.8. The van der Waals surface area contributed by atoms with Gasteiger partial charge in [0, 0.05) is 20.6 Å². The Hall–Kier alpha value is -2.03. The van der Waals surface area contributed by atoms with E-state index in [0.29, 0.717) is 27.2 Å². The third-order valence-corrected chi connectivity index (χ3v) is 6.11. The Morgan fingerprint density at radius 2 is 1.92 bits per heavy atom. The molecule has 0 unspecified atom stereocenters. The third-order valence-electron chi connectivity index (χ3n) is 3.55. The Balaban J connectivity index is 2.10. The lowest BCUT2D eigenvalue weighted by Crippen LogP contribution is -2.19. The molecular formula is C16H12BrClN2O4S. The highest BCUT2D eigenvalue weighted by molar-refractivity contribution is 9.10. The molecule has 0 aliphatic carbocycles. The van der Waals surface area contributed by atoms with Crippen molar-refractivity contribution in [3.63, 3.8) is 0 Å². The van der Waals surface area contributed by atoms with Crippen molar-refractivity contribution in [3.8, 4) is 0 Å². The molecule has 9 heteroatoms. The van der Waals surface area contributed by atoms with Crippen molar-refractivity contribution in [2.24, 2.45) is 0 Å². The lowest BCUT2D eigenvalue weighted by Gasteiger charge is -2.11. The van der Waals surface area contributed by atoms with Crippen molar-refractivity contribution >= 4 is 59.9 Å². The van der Waals surface area contributed by atoms with Gasteiger partial charge in [-0.1, -0.05) is 11.6 Å². The van der Waals surface area contributed by atoms with Crippen LogP contribution in [0.1, 0.15) is 5.56 Å². The molecule has 0 aliphatic rings. The number of hydrogen-bond donors (Lipinski definition) is 2. The molecule has 3 N–H and O–H groups in total. The summed E-state index contributed by atoms with van der Waals surface area (Å²) in [6.45, 7) is 1.69. The van der Waals surface area contributed by atoms with Gasteiger partial charge in [-0.15, -0.1) is 0 Å². The molecule has 0 saturated carbocycles. The van der Waals surface area contributed by atoms with E-state index in [9.17, 15) is 13.2 Å². The van der Waals surface area contributed by atoms with E-state index in [1.54, 1.807) is 19.1 Å². The van der Waals surface area contributed by atoms with Gasteiger partial charge in [-0.25, -0.2) is 13.2 Å². The van der Waals surface area contributed by atoms with Crippen molar-refractivity contribution in [1.82, 2.24) is 0 Å². The molecule has 1 heterocycles. The fraction of sp³-hybridized carbons (Fsp3) is 0.0625. The van der Waals surface area contributed by atoms with Crippen LogP contribution in [-0.4, -0.2) is 8.42 Å². The maximum Gasteiger partial charge on any atom is 0.360 e. The molecule has 3 rings (SSSR count). The second kappa shape index (κ2) is 6.36. The van der Waals surface area contributed by atoms with Gasteiger partial charge in [0.25, 0.3) is 10.0 Å². The van der Waals surface area contributed by atoms with Crippen LogP contribution in [0.5, 0.6) is 0 Å². The monoisotopic (exact) mass is 442 g/mol. The Labute approximate surface area is 156 Å². The van der Waals surface area contributed by atoms with Crippen molar-refractivity contribution in [2.75, 3.05) is 10.5 Å². The summed E-state index contributed by atoms with van der Waals surface area (Å²) in [6, 6.07) is 8.97. The fourth-order valence-electron chi connectivity index (χ4n) is 2.24. The summed E-state index contributed by atoms with van der Waals surface area (Å²) < 4.78 is 33.0. The number of aryl methyl sites for hydroxylation is 1. The number of halogens is 2. The fourth-order valence-corrected chi connectivity index (χ4v) is 4.61. The minimum absolute atomic E-state index is 0.0372. The highest BCUT2D eigenvalue weighted by Gasteiger charge is 2.21. The van der Waals surface area contributed by atoms with Gasteiger partial charge < -0.3 is 10.2 Å². The Morgan fingerprint density at radius 1 is 1.20 bits per heavy atom. The third kappa shape index (κ3) is 3.51. The Kier molecular flexibility index (Phi) is 4.52. The first-order chi connectivity index (χ1) is 11.7. The number of rotatable bonds is 3. The summed E-state index contributed by atoms with van der Waals surface area (Å²) in [6.07, 6.45) is 0. The Bertz CT molecular complexity index is 1160. The van der Waals surface area contributed by atoms with Crippen molar-refractivity contribution < 1.29 is 12.8 Å². The van der Waals surface area contributed by atoms with Crippen molar-refractivity contribution in [3.05, 3.63) is 61.9 Å². The van der Waals surface area contributed by atoms with Crippen LogP contribution >= 0.6 is 27.5 Å². The quantitative estimate of drug-likeness (QED) is 0.472. The summed E-state index contributed by atoms with van der Waals surface area (Å²) in [5.74, 6) is 0. The molecule has 0 amide bonds. The number of sulfonamides is 1. The first-order valence-electron chi connectivity index (χ1n) is 6.99. The number of fused-ring (bicyclic) bond motifs is 1. The molecule has 25 heavy (non-hydrogen) atoms. The number of anilines is 2. The molecule has 3 aromatic rings. The minimum Gasteiger partial charge on any atom is -0.421 e. The lowest BCUT2D eigenvalue weighted by molar-refractivity contribution is 0.563. The van der Waals surface area contributed by atoms with E-state index in [1.807, 2.05) is 0 Å². The van der Waals surface area contributed by atoms with E-state index in [0.717, 1.165) is 0 Å². The molecule has 6 nitrogen and oxygen atoms in total. The van der Waals surface area contributed by atoms with Crippen LogP contribution in [0.3, 0.4) is 0 Å². The zero-order valence-electron chi connectivity index (χ0n) is 12.8. The highest BCUT2D eigenvalue weighted by Crippen LogP contribution is 2.29. The Morgan fingerprint density at radius 3 is 2.64 bits per heavy atom. The molecule has 0 fully saturated rings. The van der Waals surface area contributed by atoms with E-state index >= 15 is 0 Å². The zero-order chi connectivity index (χ0) is 18.4. The van der Waals surface area contributed by atoms with Crippen LogP contribution in [-0.2, 0) is 10.0 Å². The molecular weight excluding hydrogens is 432 g/mol. The summed E-state index contributed by atoms with van der Waals surface area (Å²) in [4.78, 5) is 12.0. The average Bonchev–Trinajstić information content (AvgIpc) is 2.51. The summed E-state index contributed by atoms with van der Waals surface area (Å²) >= 11 is 9.10. The summed E-state index contributed by atoms with van der Waals surface area (Å²) in [5, 5.41) is 0.935. The van der Waals surface area contributed by atoms with Gasteiger partial charge in [-0.05, 0) is 64.8 Å². The van der Waals surface area contributed by atoms with Crippen LogP contribution in [0, 0.1) is 6.92 Å². The smallest absolute Gasteiger partial charge is 0.360 e. The molecule has 130 valence electrons. The molecule has 2 aromatic carbocycles. The zero-order valence-corrected chi connectivity index (χ0v) is 16.0. The predicted molar refractivity (Wildman–Crippen MR) is 102 cm³/mol. The molecule has 0 aliphatic heterocycles. The summed E-state index contributed by atoms with van der Waals surface area (Å²) in [5.41, 5.74) is 6.10. The van der Waals surface area contributed by atoms with E-state index in [2.05, 4.69) is 20.7 Å². The summed E-state index contributed by atoms with van der Waals surface area (Å²) in [7, 11) is -4.03. The van der Waals surface area contributed by atoms with E-state index < -0.39 is 15.6 Å². The average molecular weight is 444 g/mol. The van der Waals surface area contributed by atoms with Crippen molar-refractivity contribution in [1.29, 1.82) is 0 Å². The maximum atomic E-state index is 12.7. The van der Waals surface area contributed by atoms with E-state index in [-0.39, 0.29) is 15.1 Å². The van der Waals surface area contributed by atoms with Crippen LogP contribution < -0.4 is 16.1 Å². The standard InChI is InChI=1S/C16H12BrClN2O4S/c1-8-4-15(11(17)7-12(8)19)25(22,23)20-13-6-9-5-10(18)2-3-14(9)24-16(13)21/h2-7,20H,19H2,1H3. The van der Waals surface area contributed by atoms with Gasteiger partial charge in [0.15, 0.2) is 0 Å². The van der Waals surface area contributed by atoms with Crippen LogP contribution in [0.2, 0.25) is 5.02 Å². The first-order valence-corrected chi connectivity index (χ1v) is 9.64. The van der Waals surface area contributed by atoms with E-state index in [4.69, 9.17) is 21.8 Å². The van der Waals surface area contributed by atoms with Crippen molar-refractivity contribution in [2.45, 2.75) is 11.8 Å². The maximum absolute atomic E-state index is 12.7. The van der Waals surface area contributed by atoms with Gasteiger partial charge in [0.05, 0.1) is 0 Å². The molecule has 0 radical (unpaired) electrons. The van der Waals surface area contributed by atoms with Gasteiger partial charge in [-0.2, -0.15) is 0 Å². The predicted octanol–water partition coefficient (Wildman–Crippen LogP) is 3.90. The SMILES string of the molecule is Cc1cc(S(=O)(=O)Nc2cc3cc(Cl)ccc3oc2=O)c(Br)cc1N.